The number of ether oxygens (including phenoxy) is 1. The summed E-state index contributed by atoms with van der Waals surface area (Å²) in [6.07, 6.45) is 0. The van der Waals surface area contributed by atoms with Crippen LogP contribution in [0, 0.1) is 5.82 Å². The third-order valence-corrected chi connectivity index (χ3v) is 1.97. The molecule has 0 fully saturated rings. The minimum Gasteiger partial charge on any atom is -0.491 e. The summed E-state index contributed by atoms with van der Waals surface area (Å²) in [5.74, 6) is -2.34. The zero-order chi connectivity index (χ0) is 12.8. The first-order valence-electron chi connectivity index (χ1n) is 5.03. The van der Waals surface area contributed by atoms with E-state index >= 15 is 0 Å². The molecule has 0 aromatic heterocycles. The van der Waals surface area contributed by atoms with Crippen LogP contribution in [0.4, 0.5) is 4.39 Å². The molecule has 0 aliphatic carbocycles. The van der Waals surface area contributed by atoms with Gasteiger partial charge in [0.2, 0.25) is 0 Å². The smallest absolute Gasteiger partial charge is 0.309 e. The summed E-state index contributed by atoms with van der Waals surface area (Å²) in [7, 11) is 0. The number of amides is 2. The summed E-state index contributed by atoms with van der Waals surface area (Å²) in [5.41, 5.74) is 5.26. The Balaban J connectivity index is 2.64. The Labute approximate surface area is 97.7 Å². The van der Waals surface area contributed by atoms with E-state index in [-0.39, 0.29) is 12.3 Å². The summed E-state index contributed by atoms with van der Waals surface area (Å²) in [6.45, 7) is 2.15. The third-order valence-electron chi connectivity index (χ3n) is 1.97. The maximum atomic E-state index is 13.4. The fourth-order valence-corrected chi connectivity index (χ4v) is 1.20. The normalized spacial score (nSPS) is 9.76. The second-order valence-corrected chi connectivity index (χ2v) is 3.24. The van der Waals surface area contributed by atoms with Crippen molar-refractivity contribution in [2.75, 3.05) is 6.61 Å². The van der Waals surface area contributed by atoms with Gasteiger partial charge in [0.25, 0.3) is 0 Å². The van der Waals surface area contributed by atoms with Gasteiger partial charge in [-0.05, 0) is 24.6 Å². The van der Waals surface area contributed by atoms with Crippen molar-refractivity contribution in [3.05, 3.63) is 29.6 Å². The van der Waals surface area contributed by atoms with Crippen LogP contribution in [0.2, 0.25) is 0 Å². The van der Waals surface area contributed by atoms with Crippen molar-refractivity contribution in [1.29, 1.82) is 0 Å². The van der Waals surface area contributed by atoms with Crippen LogP contribution in [0.15, 0.2) is 18.2 Å². The summed E-state index contributed by atoms with van der Waals surface area (Å²) in [5, 5.41) is 2.26. The number of hydrogen-bond donors (Lipinski definition) is 2. The molecule has 0 aliphatic heterocycles. The molecular formula is C11H13FN2O3. The zero-order valence-corrected chi connectivity index (χ0v) is 9.33. The predicted octanol–water partition coefficient (Wildman–Crippen LogP) is 0.326. The van der Waals surface area contributed by atoms with Crippen LogP contribution in [0.25, 0.3) is 0 Å². The number of carbonyl (C=O) groups is 2. The average Bonchev–Trinajstić information content (AvgIpc) is 2.29. The standard InChI is InChI=1S/C11H13FN2O3/c1-2-17-9-4-3-7(5-8(9)12)6-14-11(16)10(13)15/h3-5H,2,6H2,1H3,(H2,13,15)(H,14,16). The monoisotopic (exact) mass is 240 g/mol. The fraction of sp³-hybridized carbons (Fsp3) is 0.273. The van der Waals surface area contributed by atoms with Gasteiger partial charge in [0.1, 0.15) is 0 Å². The van der Waals surface area contributed by atoms with Crippen molar-refractivity contribution in [3.8, 4) is 5.75 Å². The molecule has 17 heavy (non-hydrogen) atoms. The van der Waals surface area contributed by atoms with Crippen molar-refractivity contribution in [1.82, 2.24) is 5.32 Å². The highest BCUT2D eigenvalue weighted by Crippen LogP contribution is 2.18. The molecule has 2 amide bonds. The maximum absolute atomic E-state index is 13.4. The van der Waals surface area contributed by atoms with Gasteiger partial charge in [-0.1, -0.05) is 6.07 Å². The largest absolute Gasteiger partial charge is 0.491 e. The fourth-order valence-electron chi connectivity index (χ4n) is 1.20. The SMILES string of the molecule is CCOc1ccc(CNC(=O)C(N)=O)cc1F. The molecule has 92 valence electrons. The first-order chi connectivity index (χ1) is 8.04. The van der Waals surface area contributed by atoms with Gasteiger partial charge in [-0.2, -0.15) is 0 Å². The van der Waals surface area contributed by atoms with Crippen LogP contribution in [0.3, 0.4) is 0 Å². The van der Waals surface area contributed by atoms with Crippen LogP contribution < -0.4 is 15.8 Å². The molecule has 0 aliphatic rings. The van der Waals surface area contributed by atoms with Crippen LogP contribution in [0.1, 0.15) is 12.5 Å². The highest BCUT2D eigenvalue weighted by molar-refractivity contribution is 6.34. The zero-order valence-electron chi connectivity index (χ0n) is 9.33. The van der Waals surface area contributed by atoms with E-state index in [1.165, 1.54) is 12.1 Å². The molecule has 5 nitrogen and oxygen atoms in total. The Morgan fingerprint density at radius 3 is 2.71 bits per heavy atom. The topological polar surface area (TPSA) is 81.4 Å². The van der Waals surface area contributed by atoms with Crippen molar-refractivity contribution in [2.45, 2.75) is 13.5 Å². The number of benzene rings is 1. The van der Waals surface area contributed by atoms with Crippen LogP contribution in [-0.2, 0) is 16.1 Å². The molecule has 3 N–H and O–H groups in total. The molecule has 0 saturated heterocycles. The second kappa shape index (κ2) is 5.83. The molecule has 1 rings (SSSR count). The van der Waals surface area contributed by atoms with Gasteiger partial charge < -0.3 is 15.8 Å². The second-order valence-electron chi connectivity index (χ2n) is 3.24. The first kappa shape index (κ1) is 13.0. The molecule has 0 atom stereocenters. The lowest BCUT2D eigenvalue weighted by atomic mass is 10.2. The third kappa shape index (κ3) is 3.75. The van der Waals surface area contributed by atoms with Crippen molar-refractivity contribution in [3.63, 3.8) is 0 Å². The Morgan fingerprint density at radius 2 is 2.18 bits per heavy atom. The molecule has 0 bridgehead atoms. The Bertz CT molecular complexity index is 435. The number of carbonyl (C=O) groups excluding carboxylic acids is 2. The van der Waals surface area contributed by atoms with E-state index in [0.29, 0.717) is 12.2 Å². The number of primary amides is 1. The van der Waals surface area contributed by atoms with Gasteiger partial charge in [0.05, 0.1) is 6.61 Å². The van der Waals surface area contributed by atoms with Gasteiger partial charge >= 0.3 is 11.8 Å². The average molecular weight is 240 g/mol. The molecule has 0 heterocycles. The summed E-state index contributed by atoms with van der Waals surface area (Å²) in [6, 6.07) is 4.28. The highest BCUT2D eigenvalue weighted by atomic mass is 19.1. The molecule has 0 saturated carbocycles. The van der Waals surface area contributed by atoms with E-state index in [0.717, 1.165) is 0 Å². The lowest BCUT2D eigenvalue weighted by molar-refractivity contribution is -0.137. The summed E-state index contributed by atoms with van der Waals surface area (Å²) >= 11 is 0. The number of rotatable bonds is 4. The minimum atomic E-state index is -1.07. The van der Waals surface area contributed by atoms with Crippen LogP contribution in [-0.4, -0.2) is 18.4 Å². The number of halogens is 1. The van der Waals surface area contributed by atoms with Gasteiger partial charge in [-0.3, -0.25) is 9.59 Å². The summed E-state index contributed by atoms with van der Waals surface area (Å²) < 4.78 is 18.4. The van der Waals surface area contributed by atoms with E-state index in [2.05, 4.69) is 5.32 Å². The van der Waals surface area contributed by atoms with Crippen molar-refractivity contribution >= 4 is 11.8 Å². The summed E-state index contributed by atoms with van der Waals surface area (Å²) in [4.78, 5) is 21.3. The molecule has 0 radical (unpaired) electrons. The van der Waals surface area contributed by atoms with Crippen LogP contribution in [0.5, 0.6) is 5.75 Å². The quantitative estimate of drug-likeness (QED) is 0.744. The Hall–Kier alpha value is -2.11. The minimum absolute atomic E-state index is 0.0328. The van der Waals surface area contributed by atoms with E-state index < -0.39 is 17.6 Å². The lowest BCUT2D eigenvalue weighted by Gasteiger charge is -2.07. The van der Waals surface area contributed by atoms with Gasteiger partial charge in [0, 0.05) is 6.54 Å². The Kier molecular flexibility index (Phi) is 4.45. The maximum Gasteiger partial charge on any atom is 0.309 e. The van der Waals surface area contributed by atoms with Gasteiger partial charge in [-0.15, -0.1) is 0 Å². The number of nitrogens with one attached hydrogen (secondary N) is 1. The predicted molar refractivity (Wildman–Crippen MR) is 58.6 cm³/mol. The molecule has 1 aromatic rings. The van der Waals surface area contributed by atoms with Crippen molar-refractivity contribution < 1.29 is 18.7 Å². The van der Waals surface area contributed by atoms with Crippen molar-refractivity contribution in [2.24, 2.45) is 5.73 Å². The number of hydrogen-bond acceptors (Lipinski definition) is 3. The first-order valence-corrected chi connectivity index (χ1v) is 5.03. The lowest BCUT2D eigenvalue weighted by Crippen LogP contribution is -2.35. The highest BCUT2D eigenvalue weighted by Gasteiger charge is 2.09. The van der Waals surface area contributed by atoms with E-state index in [4.69, 9.17) is 10.5 Å². The van der Waals surface area contributed by atoms with Gasteiger partial charge in [-0.25, -0.2) is 4.39 Å². The molecule has 1 aromatic carbocycles. The number of nitrogens with two attached hydrogens (primary N) is 1. The molecular weight excluding hydrogens is 227 g/mol. The van der Waals surface area contributed by atoms with E-state index in [1.54, 1.807) is 13.0 Å². The van der Waals surface area contributed by atoms with Crippen LogP contribution >= 0.6 is 0 Å². The molecule has 0 spiro atoms. The molecule has 6 heteroatoms. The molecule has 0 unspecified atom stereocenters. The van der Waals surface area contributed by atoms with E-state index in [9.17, 15) is 14.0 Å². The Morgan fingerprint density at radius 1 is 1.47 bits per heavy atom. The van der Waals surface area contributed by atoms with E-state index in [1.807, 2.05) is 0 Å². The van der Waals surface area contributed by atoms with Gasteiger partial charge in [0.15, 0.2) is 11.6 Å².